The zero-order valence-corrected chi connectivity index (χ0v) is 16.8. The van der Waals surface area contributed by atoms with Gasteiger partial charge >= 0.3 is 5.97 Å². The minimum Gasteiger partial charge on any atom is -0.463 e. The smallest absolute Gasteiger partial charge is 0.330 e. The Morgan fingerprint density at radius 3 is 2.78 bits per heavy atom. The Balaban J connectivity index is 1.57. The van der Waals surface area contributed by atoms with E-state index in [9.17, 15) is 4.79 Å². The molecule has 2 bridgehead atoms. The van der Waals surface area contributed by atoms with E-state index in [1.807, 2.05) is 13.0 Å². The highest BCUT2D eigenvalue weighted by molar-refractivity contribution is 5.81. The molecule has 0 unspecified atom stereocenters. The maximum absolute atomic E-state index is 11.6. The first-order valence-corrected chi connectivity index (χ1v) is 10.4. The first-order valence-electron chi connectivity index (χ1n) is 10.4. The van der Waals surface area contributed by atoms with Gasteiger partial charge in [0, 0.05) is 18.4 Å². The van der Waals surface area contributed by atoms with Crippen LogP contribution >= 0.6 is 0 Å². The van der Waals surface area contributed by atoms with Crippen LogP contribution in [-0.2, 0) is 28.8 Å². The van der Waals surface area contributed by atoms with Gasteiger partial charge in [0.1, 0.15) is 0 Å². The van der Waals surface area contributed by atoms with Gasteiger partial charge in [-0.25, -0.2) is 14.6 Å². The predicted molar refractivity (Wildman–Crippen MR) is 97.2 cm³/mol. The Labute approximate surface area is 161 Å². The standard InChI is InChI=1S/C21H32O6/c1-5-23-18(22)8-6-7-17-14(3)16-10-9-13(2)15-11-12-20(4)25-19(24-17)21(15,16)27-26-20/h6,8,13-17,19H,5,7,9-12H2,1-4H3/b8-6+/t13-,14-,15+,16+,17-,19-,20-,21-/m1/s1. The van der Waals surface area contributed by atoms with Crippen LogP contribution in [0, 0.1) is 23.7 Å². The minimum atomic E-state index is -0.747. The zero-order valence-electron chi connectivity index (χ0n) is 16.8. The molecule has 0 aromatic rings. The van der Waals surface area contributed by atoms with Gasteiger partial charge in [0.05, 0.1) is 12.7 Å². The second-order valence-electron chi connectivity index (χ2n) is 8.83. The molecule has 1 saturated carbocycles. The number of carbonyl (C=O) groups excluding carboxylic acids is 1. The summed E-state index contributed by atoms with van der Waals surface area (Å²) in [5.74, 6) is 0.497. The van der Waals surface area contributed by atoms with E-state index in [2.05, 4.69) is 13.8 Å². The molecule has 1 spiro atoms. The van der Waals surface area contributed by atoms with Crippen LogP contribution < -0.4 is 0 Å². The summed E-state index contributed by atoms with van der Waals surface area (Å²) in [7, 11) is 0. The van der Waals surface area contributed by atoms with E-state index in [0.717, 1.165) is 19.3 Å². The van der Waals surface area contributed by atoms with Crippen LogP contribution in [0.4, 0.5) is 0 Å². The lowest BCUT2D eigenvalue weighted by Crippen LogP contribution is -2.70. The molecule has 8 atom stereocenters. The maximum Gasteiger partial charge on any atom is 0.330 e. The zero-order chi connectivity index (χ0) is 19.2. The highest BCUT2D eigenvalue weighted by Gasteiger charge is 2.69. The van der Waals surface area contributed by atoms with E-state index in [1.54, 1.807) is 6.92 Å². The van der Waals surface area contributed by atoms with Crippen LogP contribution in [0.3, 0.4) is 0 Å². The van der Waals surface area contributed by atoms with Gasteiger partial charge < -0.3 is 14.2 Å². The number of rotatable bonds is 4. The lowest BCUT2D eigenvalue weighted by molar-refractivity contribution is -0.571. The molecule has 0 radical (unpaired) electrons. The molecule has 5 fully saturated rings. The Morgan fingerprint density at radius 1 is 1.19 bits per heavy atom. The molecule has 27 heavy (non-hydrogen) atoms. The fourth-order valence-electron chi connectivity index (χ4n) is 5.74. The van der Waals surface area contributed by atoms with Gasteiger partial charge in [0.15, 0.2) is 11.9 Å². The quantitative estimate of drug-likeness (QED) is 0.421. The molecule has 4 heterocycles. The van der Waals surface area contributed by atoms with Gasteiger partial charge in [-0.1, -0.05) is 19.9 Å². The van der Waals surface area contributed by atoms with Gasteiger partial charge in [0.25, 0.3) is 0 Å². The topological polar surface area (TPSA) is 63.2 Å². The molecule has 1 aliphatic carbocycles. The van der Waals surface area contributed by atoms with Crippen molar-refractivity contribution in [2.75, 3.05) is 6.61 Å². The number of hydrogen-bond acceptors (Lipinski definition) is 6. The molecule has 5 aliphatic rings. The second kappa shape index (κ2) is 7.14. The van der Waals surface area contributed by atoms with Crippen molar-refractivity contribution in [3.63, 3.8) is 0 Å². The summed E-state index contributed by atoms with van der Waals surface area (Å²) in [6.45, 7) is 8.67. The average Bonchev–Trinajstić information content (AvgIpc) is 2.85. The molecule has 4 saturated heterocycles. The molecule has 0 aromatic carbocycles. The van der Waals surface area contributed by atoms with E-state index in [-0.39, 0.29) is 18.0 Å². The third-order valence-electron chi connectivity index (χ3n) is 7.20. The van der Waals surface area contributed by atoms with Crippen molar-refractivity contribution < 1.29 is 28.8 Å². The molecule has 0 amide bonds. The summed E-state index contributed by atoms with van der Waals surface area (Å²) in [4.78, 5) is 23.5. The first kappa shape index (κ1) is 19.4. The summed E-state index contributed by atoms with van der Waals surface area (Å²) >= 11 is 0. The summed E-state index contributed by atoms with van der Waals surface area (Å²) < 4.78 is 17.8. The fourth-order valence-corrected chi connectivity index (χ4v) is 5.74. The van der Waals surface area contributed by atoms with E-state index in [1.165, 1.54) is 12.5 Å². The molecule has 0 N–H and O–H groups in total. The fraction of sp³-hybridized carbons (Fsp3) is 0.857. The molecule has 6 heteroatoms. The molecular formula is C21H32O6. The SMILES string of the molecule is CCOC(=O)/C=C/C[C@H]1O[C@@H]2O[C@@]3(C)CC[C@H]4[C@H](C)CC[C@@H]([C@H]1C)[C@@]24OO3. The van der Waals surface area contributed by atoms with Crippen molar-refractivity contribution >= 4 is 5.97 Å². The lowest BCUT2D eigenvalue weighted by atomic mass is 9.57. The number of esters is 1. The van der Waals surface area contributed by atoms with E-state index in [4.69, 9.17) is 24.0 Å². The highest BCUT2D eigenvalue weighted by atomic mass is 17.3. The molecule has 4 aliphatic heterocycles. The summed E-state index contributed by atoms with van der Waals surface area (Å²) in [5.41, 5.74) is -0.519. The van der Waals surface area contributed by atoms with Gasteiger partial charge in [-0.05, 0) is 57.3 Å². The average molecular weight is 380 g/mol. The van der Waals surface area contributed by atoms with Crippen LogP contribution in [-0.4, -0.2) is 36.4 Å². The Kier molecular flexibility index (Phi) is 5.12. The van der Waals surface area contributed by atoms with E-state index >= 15 is 0 Å². The van der Waals surface area contributed by atoms with Crippen LogP contribution in [0.1, 0.15) is 59.8 Å². The van der Waals surface area contributed by atoms with E-state index < -0.39 is 17.7 Å². The molecule has 152 valence electrons. The Hall–Kier alpha value is -0.950. The van der Waals surface area contributed by atoms with Gasteiger partial charge in [-0.3, -0.25) is 0 Å². The molecule has 6 nitrogen and oxygen atoms in total. The largest absolute Gasteiger partial charge is 0.463 e. The van der Waals surface area contributed by atoms with Gasteiger partial charge in [0.2, 0.25) is 5.79 Å². The molecule has 5 rings (SSSR count). The third kappa shape index (κ3) is 3.15. The number of ether oxygens (including phenoxy) is 3. The maximum atomic E-state index is 11.6. The van der Waals surface area contributed by atoms with Gasteiger partial charge in [-0.2, -0.15) is 0 Å². The van der Waals surface area contributed by atoms with Crippen LogP contribution in [0.5, 0.6) is 0 Å². The summed E-state index contributed by atoms with van der Waals surface area (Å²) in [5, 5.41) is 0. The van der Waals surface area contributed by atoms with Crippen molar-refractivity contribution in [3.05, 3.63) is 12.2 Å². The molecule has 0 aromatic heterocycles. The number of fused-ring (bicyclic) bond motifs is 2. The normalized spacial score (nSPS) is 48.9. The molecular weight excluding hydrogens is 348 g/mol. The summed E-state index contributed by atoms with van der Waals surface area (Å²) in [6, 6.07) is 0. The minimum absolute atomic E-state index is 0.0168. The first-order chi connectivity index (χ1) is 12.9. The van der Waals surface area contributed by atoms with Crippen molar-refractivity contribution in [1.82, 2.24) is 0 Å². The third-order valence-corrected chi connectivity index (χ3v) is 7.20. The Morgan fingerprint density at radius 2 is 2.00 bits per heavy atom. The van der Waals surface area contributed by atoms with Crippen molar-refractivity contribution in [3.8, 4) is 0 Å². The van der Waals surface area contributed by atoms with Crippen LogP contribution in [0.2, 0.25) is 0 Å². The van der Waals surface area contributed by atoms with Crippen molar-refractivity contribution in [1.29, 1.82) is 0 Å². The Bertz CT molecular complexity index is 605. The number of carbonyl (C=O) groups is 1. The summed E-state index contributed by atoms with van der Waals surface area (Å²) in [6.07, 6.45) is 7.70. The highest BCUT2D eigenvalue weighted by Crippen LogP contribution is 2.60. The lowest BCUT2D eigenvalue weighted by Gasteiger charge is -2.60. The van der Waals surface area contributed by atoms with Crippen molar-refractivity contribution in [2.24, 2.45) is 23.7 Å². The van der Waals surface area contributed by atoms with Gasteiger partial charge in [-0.15, -0.1) is 0 Å². The number of hydrogen-bond donors (Lipinski definition) is 0. The second-order valence-corrected chi connectivity index (χ2v) is 8.83. The van der Waals surface area contributed by atoms with Crippen LogP contribution in [0.25, 0.3) is 0 Å². The van der Waals surface area contributed by atoms with Crippen molar-refractivity contribution in [2.45, 2.75) is 83.6 Å². The predicted octanol–water partition coefficient (Wildman–Crippen LogP) is 3.75. The van der Waals surface area contributed by atoms with E-state index in [0.29, 0.717) is 30.8 Å². The monoisotopic (exact) mass is 380 g/mol. The van der Waals surface area contributed by atoms with Crippen LogP contribution in [0.15, 0.2) is 12.2 Å².